The molecular formula is C13H12N4O3S2. The third-order valence-electron chi connectivity index (χ3n) is 2.83. The molecule has 0 aliphatic heterocycles. The van der Waals surface area contributed by atoms with Crippen molar-refractivity contribution < 1.29 is 12.8 Å². The van der Waals surface area contributed by atoms with Crippen LogP contribution in [0.3, 0.4) is 0 Å². The fourth-order valence-corrected chi connectivity index (χ4v) is 4.51. The summed E-state index contributed by atoms with van der Waals surface area (Å²) in [5, 5.41) is 8.11. The molecule has 0 aliphatic carbocycles. The number of aryl methyl sites for hydroxylation is 2. The molecule has 0 amide bonds. The minimum atomic E-state index is -3.67. The van der Waals surface area contributed by atoms with Gasteiger partial charge in [0.15, 0.2) is 4.21 Å². The van der Waals surface area contributed by atoms with Gasteiger partial charge in [-0.1, -0.05) is 6.07 Å². The summed E-state index contributed by atoms with van der Waals surface area (Å²) in [4.78, 5) is 4.14. The second-order valence-corrected chi connectivity index (χ2v) is 7.62. The number of aromatic nitrogens is 3. The molecule has 0 fully saturated rings. The van der Waals surface area contributed by atoms with E-state index in [1.54, 1.807) is 38.1 Å². The van der Waals surface area contributed by atoms with Gasteiger partial charge in [-0.15, -0.1) is 21.5 Å². The van der Waals surface area contributed by atoms with E-state index < -0.39 is 10.0 Å². The van der Waals surface area contributed by atoms with E-state index in [0.717, 1.165) is 11.3 Å². The summed E-state index contributed by atoms with van der Waals surface area (Å²) < 4.78 is 32.7. The number of hydrogen-bond donors (Lipinski definition) is 1. The highest BCUT2D eigenvalue weighted by molar-refractivity contribution is 7.94. The highest BCUT2D eigenvalue weighted by Gasteiger charge is 2.21. The molecule has 0 saturated carbocycles. The topological polar surface area (TPSA) is 98.0 Å². The van der Waals surface area contributed by atoms with Crippen LogP contribution in [0.2, 0.25) is 0 Å². The molecule has 0 radical (unpaired) electrons. The van der Waals surface area contributed by atoms with Gasteiger partial charge in [0.2, 0.25) is 12.3 Å². The molecule has 2 aromatic heterocycles. The van der Waals surface area contributed by atoms with Crippen LogP contribution in [-0.2, 0) is 10.0 Å². The average Bonchev–Trinajstić information content (AvgIpc) is 3.08. The third-order valence-corrected chi connectivity index (χ3v) is 5.89. The number of anilines is 1. The molecule has 9 heteroatoms. The lowest BCUT2D eigenvalue weighted by molar-refractivity contribution is 0.568. The minimum absolute atomic E-state index is 0.216. The Balaban J connectivity index is 1.93. The van der Waals surface area contributed by atoms with Crippen LogP contribution < -0.4 is 4.72 Å². The molecule has 0 spiro atoms. The predicted molar refractivity (Wildman–Crippen MR) is 82.1 cm³/mol. The molecule has 0 unspecified atom stereocenters. The lowest BCUT2D eigenvalue weighted by atomic mass is 10.2. The van der Waals surface area contributed by atoms with E-state index in [1.165, 1.54) is 6.39 Å². The van der Waals surface area contributed by atoms with Gasteiger partial charge in [0.05, 0.1) is 10.7 Å². The quantitative estimate of drug-likeness (QED) is 0.786. The summed E-state index contributed by atoms with van der Waals surface area (Å²) in [5.74, 6) is 0.325. The Morgan fingerprint density at radius 2 is 2.09 bits per heavy atom. The van der Waals surface area contributed by atoms with Crippen LogP contribution in [0.15, 0.2) is 39.3 Å². The van der Waals surface area contributed by atoms with Gasteiger partial charge in [-0.05, 0) is 32.0 Å². The summed E-state index contributed by atoms with van der Waals surface area (Å²) in [7, 11) is -3.67. The lowest BCUT2D eigenvalue weighted by Gasteiger charge is -2.07. The van der Waals surface area contributed by atoms with Crippen molar-refractivity contribution in [2.45, 2.75) is 18.1 Å². The first-order valence-corrected chi connectivity index (χ1v) is 8.59. The standard InChI is InChI=1S/C13H12N4O3S2/c1-8-13(21-9(2)15-8)22(18,19)17-11-5-3-4-10(6-11)12-16-14-7-20-12/h3-7,17H,1-2H3. The third kappa shape index (κ3) is 2.85. The maximum Gasteiger partial charge on any atom is 0.273 e. The summed E-state index contributed by atoms with van der Waals surface area (Å²) in [6.45, 7) is 3.44. The highest BCUT2D eigenvalue weighted by Crippen LogP contribution is 2.27. The molecule has 0 aliphatic rings. The van der Waals surface area contributed by atoms with Crippen molar-refractivity contribution in [3.63, 3.8) is 0 Å². The monoisotopic (exact) mass is 336 g/mol. The summed E-state index contributed by atoms with van der Waals surface area (Å²) in [6.07, 6.45) is 1.22. The van der Waals surface area contributed by atoms with Crippen LogP contribution >= 0.6 is 11.3 Å². The second-order valence-electron chi connectivity index (χ2n) is 4.54. The van der Waals surface area contributed by atoms with Gasteiger partial charge < -0.3 is 4.42 Å². The Bertz CT molecular complexity index is 901. The van der Waals surface area contributed by atoms with Crippen molar-refractivity contribution in [2.75, 3.05) is 4.72 Å². The molecule has 0 bridgehead atoms. The number of hydrogen-bond acceptors (Lipinski definition) is 7. The SMILES string of the molecule is Cc1nc(C)c(S(=O)(=O)Nc2cccc(-c3nnco3)c2)s1. The molecule has 0 saturated heterocycles. The van der Waals surface area contributed by atoms with E-state index in [4.69, 9.17) is 4.42 Å². The van der Waals surface area contributed by atoms with E-state index in [0.29, 0.717) is 27.8 Å². The smallest absolute Gasteiger partial charge is 0.273 e. The molecule has 1 aromatic carbocycles. The Morgan fingerprint density at radius 1 is 1.27 bits per heavy atom. The lowest BCUT2D eigenvalue weighted by Crippen LogP contribution is -2.12. The Kier molecular flexibility index (Phi) is 3.67. The van der Waals surface area contributed by atoms with Crippen molar-refractivity contribution in [3.05, 3.63) is 41.4 Å². The highest BCUT2D eigenvalue weighted by atomic mass is 32.2. The number of nitrogens with one attached hydrogen (secondary N) is 1. The normalized spacial score (nSPS) is 11.5. The van der Waals surface area contributed by atoms with Gasteiger partial charge in [0.25, 0.3) is 10.0 Å². The van der Waals surface area contributed by atoms with Crippen LogP contribution in [0.4, 0.5) is 5.69 Å². The molecule has 0 atom stereocenters. The molecule has 2 heterocycles. The Labute approximate surface area is 131 Å². The van der Waals surface area contributed by atoms with Crippen molar-refractivity contribution in [3.8, 4) is 11.5 Å². The maximum absolute atomic E-state index is 12.4. The first kappa shape index (κ1) is 14.7. The molecule has 22 heavy (non-hydrogen) atoms. The first-order chi connectivity index (χ1) is 10.5. The van der Waals surface area contributed by atoms with Gasteiger partial charge in [0, 0.05) is 11.3 Å². The fourth-order valence-electron chi connectivity index (χ4n) is 1.98. The number of thiazole rings is 1. The van der Waals surface area contributed by atoms with E-state index in [-0.39, 0.29) is 4.21 Å². The van der Waals surface area contributed by atoms with Crippen LogP contribution in [0.25, 0.3) is 11.5 Å². The van der Waals surface area contributed by atoms with E-state index in [1.807, 2.05) is 0 Å². The van der Waals surface area contributed by atoms with E-state index in [2.05, 4.69) is 19.9 Å². The Hall–Kier alpha value is -2.26. The molecule has 1 N–H and O–H groups in total. The second kappa shape index (κ2) is 5.50. The molecule has 7 nitrogen and oxygen atoms in total. The Morgan fingerprint density at radius 3 is 2.73 bits per heavy atom. The maximum atomic E-state index is 12.4. The fraction of sp³-hybridized carbons (Fsp3) is 0.154. The van der Waals surface area contributed by atoms with Gasteiger partial charge in [-0.2, -0.15) is 0 Å². The van der Waals surface area contributed by atoms with Crippen LogP contribution in [0.1, 0.15) is 10.7 Å². The molecule has 114 valence electrons. The van der Waals surface area contributed by atoms with Crippen molar-refractivity contribution in [1.82, 2.24) is 15.2 Å². The van der Waals surface area contributed by atoms with Crippen LogP contribution in [-0.4, -0.2) is 23.6 Å². The zero-order chi connectivity index (χ0) is 15.7. The number of nitrogens with zero attached hydrogens (tertiary/aromatic N) is 3. The molecule has 3 aromatic rings. The summed E-state index contributed by atoms with van der Waals surface area (Å²) in [6, 6.07) is 6.75. The largest absolute Gasteiger partial charge is 0.423 e. The van der Waals surface area contributed by atoms with Gasteiger partial charge in [-0.25, -0.2) is 13.4 Å². The zero-order valence-corrected chi connectivity index (χ0v) is 13.4. The number of sulfonamides is 1. The van der Waals surface area contributed by atoms with Gasteiger partial charge >= 0.3 is 0 Å². The van der Waals surface area contributed by atoms with Gasteiger partial charge in [0.1, 0.15) is 0 Å². The van der Waals surface area contributed by atoms with Crippen LogP contribution in [0, 0.1) is 13.8 Å². The van der Waals surface area contributed by atoms with Crippen molar-refractivity contribution in [1.29, 1.82) is 0 Å². The van der Waals surface area contributed by atoms with E-state index >= 15 is 0 Å². The average molecular weight is 336 g/mol. The molecule has 3 rings (SSSR count). The predicted octanol–water partition coefficient (Wildman–Crippen LogP) is 2.61. The minimum Gasteiger partial charge on any atom is -0.423 e. The summed E-state index contributed by atoms with van der Waals surface area (Å²) >= 11 is 1.14. The summed E-state index contributed by atoms with van der Waals surface area (Å²) in [5.41, 5.74) is 1.54. The van der Waals surface area contributed by atoms with E-state index in [9.17, 15) is 8.42 Å². The van der Waals surface area contributed by atoms with Crippen molar-refractivity contribution in [2.24, 2.45) is 0 Å². The number of benzene rings is 1. The zero-order valence-electron chi connectivity index (χ0n) is 11.8. The molecular weight excluding hydrogens is 324 g/mol. The first-order valence-electron chi connectivity index (χ1n) is 6.29. The number of rotatable bonds is 4. The van der Waals surface area contributed by atoms with Crippen LogP contribution in [0.5, 0.6) is 0 Å². The van der Waals surface area contributed by atoms with Crippen molar-refractivity contribution >= 4 is 27.0 Å². The van der Waals surface area contributed by atoms with Gasteiger partial charge in [-0.3, -0.25) is 4.72 Å².